The number of urea groups is 1. The standard InChI is InChI=1S/C19H22N4O5S/c1-22(2)29(27,28)11-10-20-17(24)12-15-18(25)23(19(26)21-15)16-9-5-7-13-6-3-4-8-14(13)16/h3-9,15H,10-12H2,1-2H3,(H,20,24)(H,21,26)/t15-/m1/s1. The molecule has 1 aliphatic rings. The Bertz CT molecular complexity index is 1060. The van der Waals surface area contributed by atoms with Crippen molar-refractivity contribution in [1.82, 2.24) is 14.9 Å². The molecule has 0 bridgehead atoms. The molecule has 1 atom stereocenters. The Labute approximate surface area is 168 Å². The lowest BCUT2D eigenvalue weighted by atomic mass is 10.1. The van der Waals surface area contributed by atoms with Crippen molar-refractivity contribution in [2.45, 2.75) is 12.5 Å². The zero-order valence-electron chi connectivity index (χ0n) is 16.1. The fourth-order valence-electron chi connectivity index (χ4n) is 3.06. The van der Waals surface area contributed by atoms with Crippen molar-refractivity contribution >= 4 is 44.3 Å². The molecule has 0 radical (unpaired) electrons. The van der Waals surface area contributed by atoms with Crippen LogP contribution in [0.3, 0.4) is 0 Å². The number of sulfonamides is 1. The van der Waals surface area contributed by atoms with Crippen LogP contribution in [0.1, 0.15) is 6.42 Å². The molecular weight excluding hydrogens is 396 g/mol. The van der Waals surface area contributed by atoms with Gasteiger partial charge in [0.05, 0.1) is 17.9 Å². The second-order valence-corrected chi connectivity index (χ2v) is 9.13. The van der Waals surface area contributed by atoms with E-state index in [2.05, 4.69) is 10.6 Å². The molecule has 0 unspecified atom stereocenters. The summed E-state index contributed by atoms with van der Waals surface area (Å²) in [5.74, 6) is -1.29. The zero-order chi connectivity index (χ0) is 21.2. The molecule has 1 aliphatic heterocycles. The van der Waals surface area contributed by atoms with Gasteiger partial charge >= 0.3 is 6.03 Å². The van der Waals surface area contributed by atoms with E-state index in [4.69, 9.17) is 0 Å². The maximum atomic E-state index is 12.8. The molecule has 0 spiro atoms. The third-order valence-electron chi connectivity index (χ3n) is 4.65. The SMILES string of the molecule is CN(C)S(=O)(=O)CCNC(=O)C[C@H]1NC(=O)N(c2cccc3ccccc23)C1=O. The van der Waals surface area contributed by atoms with Crippen LogP contribution >= 0.6 is 0 Å². The predicted octanol–water partition coefficient (Wildman–Crippen LogP) is 0.662. The maximum Gasteiger partial charge on any atom is 0.329 e. The minimum absolute atomic E-state index is 0.0821. The summed E-state index contributed by atoms with van der Waals surface area (Å²) in [7, 11) is -0.616. The van der Waals surface area contributed by atoms with Crippen LogP contribution in [0.5, 0.6) is 0 Å². The van der Waals surface area contributed by atoms with Gasteiger partial charge in [0.1, 0.15) is 6.04 Å². The van der Waals surface area contributed by atoms with Gasteiger partial charge in [-0.15, -0.1) is 0 Å². The fraction of sp³-hybridized carbons (Fsp3) is 0.316. The predicted molar refractivity (Wildman–Crippen MR) is 109 cm³/mol. The van der Waals surface area contributed by atoms with Gasteiger partial charge in [-0.05, 0) is 11.5 Å². The summed E-state index contributed by atoms with van der Waals surface area (Å²) in [6, 6.07) is 11.1. The number of carbonyl (C=O) groups is 3. The molecule has 2 N–H and O–H groups in total. The van der Waals surface area contributed by atoms with E-state index in [1.54, 1.807) is 12.1 Å². The molecular formula is C19H22N4O5S. The van der Waals surface area contributed by atoms with E-state index in [0.717, 1.165) is 20.0 Å². The Morgan fingerprint density at radius 1 is 1.14 bits per heavy atom. The number of hydrogen-bond acceptors (Lipinski definition) is 5. The molecule has 1 saturated heterocycles. The van der Waals surface area contributed by atoms with Crippen molar-refractivity contribution in [2.24, 2.45) is 0 Å². The number of anilines is 1. The monoisotopic (exact) mass is 418 g/mol. The average molecular weight is 418 g/mol. The number of imide groups is 1. The van der Waals surface area contributed by atoms with Crippen molar-refractivity contribution in [2.75, 3.05) is 31.3 Å². The molecule has 0 saturated carbocycles. The Morgan fingerprint density at radius 3 is 2.55 bits per heavy atom. The minimum atomic E-state index is -3.43. The van der Waals surface area contributed by atoms with Crippen LogP contribution < -0.4 is 15.5 Å². The quantitative estimate of drug-likeness (QED) is 0.641. The summed E-state index contributed by atoms with van der Waals surface area (Å²) in [5, 5.41) is 6.63. The topological polar surface area (TPSA) is 116 Å². The molecule has 2 aromatic rings. The van der Waals surface area contributed by atoms with E-state index >= 15 is 0 Å². The van der Waals surface area contributed by atoms with Crippen molar-refractivity contribution in [1.29, 1.82) is 0 Å². The van der Waals surface area contributed by atoms with Crippen LogP contribution in [-0.4, -0.2) is 63.0 Å². The van der Waals surface area contributed by atoms with Crippen molar-refractivity contribution in [3.05, 3.63) is 42.5 Å². The number of amides is 4. The summed E-state index contributed by atoms with van der Waals surface area (Å²) in [6.45, 7) is -0.0821. The van der Waals surface area contributed by atoms with Gasteiger partial charge in [0.2, 0.25) is 15.9 Å². The van der Waals surface area contributed by atoms with E-state index in [1.165, 1.54) is 14.1 Å². The normalized spacial score (nSPS) is 17.1. The highest BCUT2D eigenvalue weighted by Gasteiger charge is 2.40. The number of hydrogen-bond donors (Lipinski definition) is 2. The third-order valence-corrected chi connectivity index (χ3v) is 6.49. The highest BCUT2D eigenvalue weighted by Crippen LogP contribution is 2.29. The Kier molecular flexibility index (Phi) is 5.85. The largest absolute Gasteiger partial charge is 0.355 e. The van der Waals surface area contributed by atoms with E-state index in [0.29, 0.717) is 5.69 Å². The highest BCUT2D eigenvalue weighted by atomic mass is 32.2. The molecule has 0 aromatic heterocycles. The molecule has 1 fully saturated rings. The van der Waals surface area contributed by atoms with Crippen LogP contribution in [0.25, 0.3) is 10.8 Å². The molecule has 9 nitrogen and oxygen atoms in total. The first-order valence-electron chi connectivity index (χ1n) is 9.00. The Balaban J connectivity index is 1.67. The lowest BCUT2D eigenvalue weighted by molar-refractivity contribution is -0.125. The van der Waals surface area contributed by atoms with Gasteiger partial charge in [0, 0.05) is 26.0 Å². The summed E-state index contributed by atoms with van der Waals surface area (Å²) >= 11 is 0. The van der Waals surface area contributed by atoms with Gasteiger partial charge in [-0.2, -0.15) is 0 Å². The number of fused-ring (bicyclic) bond motifs is 1. The first-order chi connectivity index (χ1) is 13.7. The van der Waals surface area contributed by atoms with Gasteiger partial charge in [0.25, 0.3) is 5.91 Å². The van der Waals surface area contributed by atoms with Gasteiger partial charge < -0.3 is 10.6 Å². The summed E-state index contributed by atoms with van der Waals surface area (Å²) in [4.78, 5) is 38.4. The van der Waals surface area contributed by atoms with Gasteiger partial charge in [-0.3, -0.25) is 9.59 Å². The summed E-state index contributed by atoms with van der Waals surface area (Å²) in [5.41, 5.74) is 0.450. The van der Waals surface area contributed by atoms with Crippen LogP contribution in [0.15, 0.2) is 42.5 Å². The van der Waals surface area contributed by atoms with Crippen LogP contribution in [0.2, 0.25) is 0 Å². The molecule has 2 aromatic carbocycles. The molecule has 10 heteroatoms. The zero-order valence-corrected chi connectivity index (χ0v) is 16.9. The van der Waals surface area contributed by atoms with Crippen LogP contribution in [0, 0.1) is 0 Å². The first kappa shape index (κ1) is 20.7. The van der Waals surface area contributed by atoms with Crippen molar-refractivity contribution < 1.29 is 22.8 Å². The van der Waals surface area contributed by atoms with Gasteiger partial charge in [0.15, 0.2) is 0 Å². The third kappa shape index (κ3) is 4.38. The van der Waals surface area contributed by atoms with Crippen molar-refractivity contribution in [3.63, 3.8) is 0 Å². The fourth-order valence-corrected chi connectivity index (χ4v) is 3.79. The molecule has 29 heavy (non-hydrogen) atoms. The van der Waals surface area contributed by atoms with E-state index in [1.807, 2.05) is 30.3 Å². The molecule has 154 valence electrons. The smallest absolute Gasteiger partial charge is 0.329 e. The van der Waals surface area contributed by atoms with E-state index in [9.17, 15) is 22.8 Å². The Morgan fingerprint density at radius 2 is 1.83 bits per heavy atom. The summed E-state index contributed by atoms with van der Waals surface area (Å²) in [6.07, 6.45) is -0.270. The molecule has 1 heterocycles. The van der Waals surface area contributed by atoms with Gasteiger partial charge in [-0.25, -0.2) is 22.4 Å². The molecule has 0 aliphatic carbocycles. The highest BCUT2D eigenvalue weighted by molar-refractivity contribution is 7.89. The second kappa shape index (κ2) is 8.18. The molecule has 4 amide bonds. The Hall–Kier alpha value is -2.98. The summed E-state index contributed by atoms with van der Waals surface area (Å²) < 4.78 is 24.5. The second-order valence-electron chi connectivity index (χ2n) is 6.83. The molecule has 3 rings (SSSR count). The van der Waals surface area contributed by atoms with Gasteiger partial charge in [-0.1, -0.05) is 36.4 Å². The minimum Gasteiger partial charge on any atom is -0.355 e. The lowest BCUT2D eigenvalue weighted by Crippen LogP contribution is -2.39. The van der Waals surface area contributed by atoms with E-state index in [-0.39, 0.29) is 18.7 Å². The van der Waals surface area contributed by atoms with Crippen LogP contribution in [-0.2, 0) is 19.6 Å². The number of rotatable bonds is 7. The van der Waals surface area contributed by atoms with Crippen LogP contribution in [0.4, 0.5) is 10.5 Å². The maximum absolute atomic E-state index is 12.8. The average Bonchev–Trinajstić information content (AvgIpc) is 2.94. The number of benzene rings is 2. The number of nitrogens with one attached hydrogen (secondary N) is 2. The first-order valence-corrected chi connectivity index (χ1v) is 10.6. The van der Waals surface area contributed by atoms with E-state index < -0.39 is 33.9 Å². The number of nitrogens with zero attached hydrogens (tertiary/aromatic N) is 2. The lowest BCUT2D eigenvalue weighted by Gasteiger charge is -2.15. The van der Waals surface area contributed by atoms with Crippen molar-refractivity contribution in [3.8, 4) is 0 Å². The number of carbonyl (C=O) groups excluding carboxylic acids is 3.